The van der Waals surface area contributed by atoms with E-state index in [4.69, 9.17) is 5.11 Å². The second-order valence-corrected chi connectivity index (χ2v) is 6.27. The van der Waals surface area contributed by atoms with Crippen LogP contribution in [0.5, 0.6) is 0 Å². The third kappa shape index (κ3) is 4.56. The summed E-state index contributed by atoms with van der Waals surface area (Å²) in [7, 11) is 0. The number of halogens is 1. The van der Waals surface area contributed by atoms with Gasteiger partial charge in [-0.3, -0.25) is 9.88 Å². The number of aromatic nitrogens is 1. The number of piperazine rings is 1. The number of aliphatic hydroxyl groups excluding tert-OH is 1. The van der Waals surface area contributed by atoms with Crippen LogP contribution in [0.4, 0.5) is 9.18 Å². The number of aliphatic hydroxyl groups is 1. The largest absolute Gasteiger partial charge is 0.395 e. The van der Waals surface area contributed by atoms with Crippen LogP contribution in [0.1, 0.15) is 17.2 Å². The van der Waals surface area contributed by atoms with E-state index in [1.165, 1.54) is 12.1 Å². The van der Waals surface area contributed by atoms with Crippen molar-refractivity contribution >= 4 is 6.03 Å². The summed E-state index contributed by atoms with van der Waals surface area (Å²) < 4.78 is 13.3. The molecule has 0 bridgehead atoms. The molecule has 2 aromatic rings. The second-order valence-electron chi connectivity index (χ2n) is 6.27. The minimum absolute atomic E-state index is 0.126. The predicted octanol–water partition coefficient (Wildman–Crippen LogP) is 1.63. The minimum atomic E-state index is -0.374. The van der Waals surface area contributed by atoms with Gasteiger partial charge in [0.25, 0.3) is 0 Å². The molecule has 2 amide bonds. The highest BCUT2D eigenvalue weighted by Gasteiger charge is 2.24. The fourth-order valence-corrected chi connectivity index (χ4v) is 3.10. The van der Waals surface area contributed by atoms with Crippen LogP contribution in [-0.2, 0) is 0 Å². The third-order valence-corrected chi connectivity index (χ3v) is 4.59. The molecule has 0 saturated carbocycles. The Kier molecular flexibility index (Phi) is 6.14. The lowest BCUT2D eigenvalue weighted by molar-refractivity contribution is 0.121. The standard InChI is InChI=1S/C19H23FN4O2/c20-17-3-1-15(2-4-17)18(16-5-7-21-8-6-16)22-19(26)24-11-9-23(10-12-24)13-14-25/h1-8,18,25H,9-14H2,(H,22,26)/t18-/m0/s1. The highest BCUT2D eigenvalue weighted by atomic mass is 19.1. The van der Waals surface area contributed by atoms with Gasteiger partial charge in [-0.25, -0.2) is 9.18 Å². The van der Waals surface area contributed by atoms with Crippen LogP contribution >= 0.6 is 0 Å². The molecular formula is C19H23FN4O2. The number of carbonyl (C=O) groups excluding carboxylic acids is 1. The maximum atomic E-state index is 13.3. The van der Waals surface area contributed by atoms with E-state index >= 15 is 0 Å². The summed E-state index contributed by atoms with van der Waals surface area (Å²) in [5.74, 6) is -0.312. The Labute approximate surface area is 152 Å². The molecule has 7 heteroatoms. The topological polar surface area (TPSA) is 68.7 Å². The molecular weight excluding hydrogens is 335 g/mol. The summed E-state index contributed by atoms with van der Waals surface area (Å²) in [5, 5.41) is 12.1. The van der Waals surface area contributed by atoms with Gasteiger partial charge in [0, 0.05) is 45.1 Å². The van der Waals surface area contributed by atoms with Crippen LogP contribution in [0.25, 0.3) is 0 Å². The lowest BCUT2D eigenvalue weighted by Crippen LogP contribution is -2.52. The monoisotopic (exact) mass is 358 g/mol. The Morgan fingerprint density at radius 3 is 2.31 bits per heavy atom. The fraction of sp³-hybridized carbons (Fsp3) is 0.368. The predicted molar refractivity (Wildman–Crippen MR) is 96.1 cm³/mol. The molecule has 1 aliphatic rings. The molecule has 1 aliphatic heterocycles. The van der Waals surface area contributed by atoms with Gasteiger partial charge < -0.3 is 15.3 Å². The summed E-state index contributed by atoms with van der Waals surface area (Å²) in [4.78, 5) is 20.7. The van der Waals surface area contributed by atoms with Crippen molar-refractivity contribution in [1.82, 2.24) is 20.1 Å². The van der Waals surface area contributed by atoms with Gasteiger partial charge in [-0.15, -0.1) is 0 Å². The molecule has 0 aliphatic carbocycles. The Hall–Kier alpha value is -2.51. The van der Waals surface area contributed by atoms with Crippen molar-refractivity contribution in [3.63, 3.8) is 0 Å². The number of amides is 2. The minimum Gasteiger partial charge on any atom is -0.395 e. The molecule has 6 nitrogen and oxygen atoms in total. The average molecular weight is 358 g/mol. The van der Waals surface area contributed by atoms with Crippen molar-refractivity contribution in [1.29, 1.82) is 0 Å². The Balaban J connectivity index is 1.72. The Bertz CT molecular complexity index is 703. The fourth-order valence-electron chi connectivity index (χ4n) is 3.10. The zero-order valence-electron chi connectivity index (χ0n) is 14.5. The molecule has 1 aromatic heterocycles. The first-order valence-corrected chi connectivity index (χ1v) is 8.71. The molecule has 1 saturated heterocycles. The van der Waals surface area contributed by atoms with Crippen molar-refractivity contribution in [2.75, 3.05) is 39.3 Å². The number of carbonyl (C=O) groups is 1. The normalized spacial score (nSPS) is 16.3. The van der Waals surface area contributed by atoms with E-state index in [0.717, 1.165) is 24.2 Å². The highest BCUT2D eigenvalue weighted by molar-refractivity contribution is 5.75. The van der Waals surface area contributed by atoms with E-state index in [2.05, 4.69) is 15.2 Å². The molecule has 2 heterocycles. The molecule has 1 fully saturated rings. The van der Waals surface area contributed by atoms with Gasteiger partial charge in [-0.1, -0.05) is 12.1 Å². The lowest BCUT2D eigenvalue weighted by Gasteiger charge is -2.35. The molecule has 2 N–H and O–H groups in total. The first-order chi connectivity index (χ1) is 12.7. The number of pyridine rings is 1. The van der Waals surface area contributed by atoms with Gasteiger partial charge in [0.15, 0.2) is 0 Å². The number of rotatable bonds is 5. The van der Waals surface area contributed by atoms with E-state index in [-0.39, 0.29) is 24.5 Å². The maximum absolute atomic E-state index is 13.3. The summed E-state index contributed by atoms with van der Waals surface area (Å²) in [6.07, 6.45) is 3.34. The van der Waals surface area contributed by atoms with Crippen molar-refractivity contribution in [3.05, 3.63) is 65.7 Å². The molecule has 3 rings (SSSR count). The first kappa shape index (κ1) is 18.3. The maximum Gasteiger partial charge on any atom is 0.318 e. The van der Waals surface area contributed by atoms with Crippen LogP contribution < -0.4 is 5.32 Å². The van der Waals surface area contributed by atoms with Gasteiger partial charge >= 0.3 is 6.03 Å². The van der Waals surface area contributed by atoms with Gasteiger partial charge in [0.2, 0.25) is 0 Å². The van der Waals surface area contributed by atoms with Gasteiger partial charge in [-0.2, -0.15) is 0 Å². The number of β-amino-alcohol motifs (C(OH)–C–C–N with tert-alkyl or cyclic N) is 1. The summed E-state index contributed by atoms with van der Waals surface area (Å²) in [5.41, 5.74) is 1.70. The SMILES string of the molecule is O=C(N[C@H](c1ccncc1)c1ccc(F)cc1)N1CCN(CCO)CC1. The Morgan fingerprint density at radius 2 is 1.69 bits per heavy atom. The lowest BCUT2D eigenvalue weighted by atomic mass is 10.00. The first-order valence-electron chi connectivity index (χ1n) is 8.71. The van der Waals surface area contributed by atoms with E-state index in [1.54, 1.807) is 29.4 Å². The zero-order chi connectivity index (χ0) is 18.4. The third-order valence-electron chi connectivity index (χ3n) is 4.59. The smallest absolute Gasteiger partial charge is 0.318 e. The molecule has 0 spiro atoms. The van der Waals surface area contributed by atoms with E-state index in [1.807, 2.05) is 12.1 Å². The van der Waals surface area contributed by atoms with E-state index in [0.29, 0.717) is 19.6 Å². The molecule has 0 unspecified atom stereocenters. The van der Waals surface area contributed by atoms with Gasteiger partial charge in [0.1, 0.15) is 5.82 Å². The van der Waals surface area contributed by atoms with Gasteiger partial charge in [-0.05, 0) is 35.4 Å². The quantitative estimate of drug-likeness (QED) is 0.852. The van der Waals surface area contributed by atoms with Crippen LogP contribution in [-0.4, -0.2) is 65.3 Å². The number of benzene rings is 1. The molecule has 1 atom stereocenters. The Morgan fingerprint density at radius 1 is 1.08 bits per heavy atom. The van der Waals surface area contributed by atoms with E-state index in [9.17, 15) is 9.18 Å². The van der Waals surface area contributed by atoms with Crippen molar-refractivity contribution in [2.24, 2.45) is 0 Å². The van der Waals surface area contributed by atoms with Crippen LogP contribution in [0.2, 0.25) is 0 Å². The number of hydrogen-bond acceptors (Lipinski definition) is 4. The molecule has 138 valence electrons. The molecule has 26 heavy (non-hydrogen) atoms. The molecule has 1 aromatic carbocycles. The van der Waals surface area contributed by atoms with Gasteiger partial charge in [0.05, 0.1) is 12.6 Å². The van der Waals surface area contributed by atoms with Crippen LogP contribution in [0, 0.1) is 5.82 Å². The molecule has 0 radical (unpaired) electrons. The summed E-state index contributed by atoms with van der Waals surface area (Å²) in [6.45, 7) is 3.46. The second kappa shape index (κ2) is 8.73. The van der Waals surface area contributed by atoms with Crippen molar-refractivity contribution in [2.45, 2.75) is 6.04 Å². The number of hydrogen-bond donors (Lipinski definition) is 2. The summed E-state index contributed by atoms with van der Waals surface area (Å²) >= 11 is 0. The number of urea groups is 1. The average Bonchev–Trinajstić information content (AvgIpc) is 2.68. The van der Waals surface area contributed by atoms with Crippen LogP contribution in [0.15, 0.2) is 48.8 Å². The number of nitrogens with one attached hydrogen (secondary N) is 1. The zero-order valence-corrected chi connectivity index (χ0v) is 14.5. The van der Waals surface area contributed by atoms with Crippen LogP contribution in [0.3, 0.4) is 0 Å². The van der Waals surface area contributed by atoms with Crippen molar-refractivity contribution in [3.8, 4) is 0 Å². The summed E-state index contributed by atoms with van der Waals surface area (Å²) in [6, 6.07) is 9.30. The van der Waals surface area contributed by atoms with E-state index < -0.39 is 0 Å². The van der Waals surface area contributed by atoms with Crippen molar-refractivity contribution < 1.29 is 14.3 Å². The number of nitrogens with zero attached hydrogens (tertiary/aromatic N) is 3. The highest BCUT2D eigenvalue weighted by Crippen LogP contribution is 2.22.